The van der Waals surface area contributed by atoms with Crippen molar-refractivity contribution in [1.29, 1.82) is 0 Å². The van der Waals surface area contributed by atoms with E-state index in [2.05, 4.69) is 20.8 Å². The Hall–Kier alpha value is -4.94. The number of carbonyl (C=O) groups excluding carboxylic acids is 2. The number of nitrogens with zero attached hydrogens (tertiary/aromatic N) is 4. The Morgan fingerprint density at radius 3 is 2.60 bits per heavy atom. The number of aliphatic imine (C=N–C) groups is 1. The van der Waals surface area contributed by atoms with Crippen molar-refractivity contribution >= 4 is 50.5 Å². The predicted octanol–water partition coefficient (Wildman–Crippen LogP) is 4.62. The molecule has 0 radical (unpaired) electrons. The van der Waals surface area contributed by atoms with E-state index in [0.717, 1.165) is 26.4 Å². The maximum absolute atomic E-state index is 13.2. The van der Waals surface area contributed by atoms with Crippen molar-refractivity contribution in [3.63, 3.8) is 0 Å². The number of fused-ring (bicyclic) bond motifs is 4. The number of methoxy groups -OCH3 is 1. The highest BCUT2D eigenvalue weighted by Crippen LogP contribution is 2.38. The zero-order valence-electron chi connectivity index (χ0n) is 24.4. The summed E-state index contributed by atoms with van der Waals surface area (Å²) in [4.78, 5) is 31.7. The van der Waals surface area contributed by atoms with Crippen LogP contribution in [0.25, 0.3) is 15.8 Å². The molecule has 2 aromatic heterocycles. The lowest BCUT2D eigenvalue weighted by Crippen LogP contribution is -2.38. The normalized spacial score (nSPS) is 13.8. The van der Waals surface area contributed by atoms with Crippen LogP contribution in [0, 0.1) is 6.92 Å². The van der Waals surface area contributed by atoms with Crippen LogP contribution in [-0.4, -0.2) is 62.7 Å². The molecule has 3 aromatic carbocycles. The number of aryl methyl sites for hydroxylation is 1. The number of rotatable bonds is 9. The van der Waals surface area contributed by atoms with Gasteiger partial charge in [0.05, 0.1) is 31.5 Å². The molecule has 0 saturated carbocycles. The van der Waals surface area contributed by atoms with Gasteiger partial charge in [-0.25, -0.2) is 0 Å². The van der Waals surface area contributed by atoms with Crippen molar-refractivity contribution in [2.24, 2.45) is 4.99 Å². The molecule has 6 rings (SSSR count). The summed E-state index contributed by atoms with van der Waals surface area (Å²) in [7, 11) is 1.60. The summed E-state index contributed by atoms with van der Waals surface area (Å²) in [5, 5.41) is 35.1. The Morgan fingerprint density at radius 1 is 1.02 bits per heavy atom. The summed E-state index contributed by atoms with van der Waals surface area (Å²) in [6, 6.07) is 17.3. The summed E-state index contributed by atoms with van der Waals surface area (Å²) in [5.74, 6) is 0.752. The Balaban J connectivity index is 1.16. The molecule has 0 fully saturated rings. The molecule has 0 spiro atoms. The van der Waals surface area contributed by atoms with E-state index >= 15 is 0 Å². The fourth-order valence-corrected chi connectivity index (χ4v) is 6.44. The lowest BCUT2D eigenvalue weighted by Gasteiger charge is -2.14. The molecule has 5 aromatic rings. The second-order valence-corrected chi connectivity index (χ2v) is 12.1. The van der Waals surface area contributed by atoms with Gasteiger partial charge in [0, 0.05) is 37.7 Å². The van der Waals surface area contributed by atoms with Crippen LogP contribution in [0.5, 0.6) is 17.2 Å². The Labute approximate surface area is 267 Å². The number of hydrogen-bond acceptors (Lipinski definition) is 9. The molecule has 230 valence electrons. The van der Waals surface area contributed by atoms with Gasteiger partial charge in [-0.1, -0.05) is 23.7 Å². The number of phenolic OH excluding ortho intramolecular Hbond substituents is 2. The van der Waals surface area contributed by atoms with Crippen LogP contribution in [0.1, 0.15) is 40.1 Å². The highest BCUT2D eigenvalue weighted by atomic mass is 35.5. The summed E-state index contributed by atoms with van der Waals surface area (Å²) in [6.45, 7) is 1.98. The van der Waals surface area contributed by atoms with E-state index in [-0.39, 0.29) is 36.3 Å². The predicted molar refractivity (Wildman–Crippen MR) is 172 cm³/mol. The molecule has 0 unspecified atom stereocenters. The van der Waals surface area contributed by atoms with E-state index in [1.807, 2.05) is 41.8 Å². The first-order valence-electron chi connectivity index (χ1n) is 14.1. The van der Waals surface area contributed by atoms with E-state index in [0.29, 0.717) is 46.5 Å². The molecule has 3 heterocycles. The van der Waals surface area contributed by atoms with Crippen molar-refractivity contribution in [3.05, 3.63) is 93.3 Å². The summed E-state index contributed by atoms with van der Waals surface area (Å²) < 4.78 is 8.24. The lowest BCUT2D eigenvalue weighted by molar-refractivity contribution is -0.126. The molecule has 2 amide bonds. The molecule has 13 heteroatoms. The number of benzene rings is 3. The first-order valence-corrected chi connectivity index (χ1v) is 15.3. The van der Waals surface area contributed by atoms with E-state index in [1.165, 1.54) is 17.4 Å². The quantitative estimate of drug-likeness (QED) is 0.171. The number of carbonyl (C=O) groups is 2. The van der Waals surface area contributed by atoms with Crippen LogP contribution in [0.4, 0.5) is 0 Å². The van der Waals surface area contributed by atoms with Gasteiger partial charge in [-0.15, -0.1) is 21.5 Å². The van der Waals surface area contributed by atoms with Crippen LogP contribution in [0.2, 0.25) is 5.02 Å². The molecular formula is C32H29ClN6O5S. The Kier molecular flexibility index (Phi) is 8.42. The zero-order valence-corrected chi connectivity index (χ0v) is 25.9. The van der Waals surface area contributed by atoms with E-state index in [4.69, 9.17) is 21.3 Å². The third kappa shape index (κ3) is 6.19. The van der Waals surface area contributed by atoms with Gasteiger partial charge in [-0.3, -0.25) is 19.1 Å². The average molecular weight is 645 g/mol. The minimum atomic E-state index is -0.692. The van der Waals surface area contributed by atoms with E-state index < -0.39 is 6.04 Å². The number of nitrogens with one attached hydrogen (secondary N) is 2. The van der Waals surface area contributed by atoms with Gasteiger partial charge in [0.1, 0.15) is 17.6 Å². The maximum atomic E-state index is 13.2. The van der Waals surface area contributed by atoms with Gasteiger partial charge in [-0.2, -0.15) is 0 Å². The fourth-order valence-electron chi connectivity index (χ4n) is 5.25. The molecule has 45 heavy (non-hydrogen) atoms. The standard InChI is InChI=1S/C32H29ClN6O5S/c1-17-37-38-32-24(36-30(18-3-5-19(33)6-4-18)22-13-20(44-2)7-8-25(22)39(17)32)15-28(41)35-16-29(42)34-12-11-21-14-23-27(45-21)10-9-26(40)31(23)43/h3-10,13-14,24,40,43H,11-12,15-16H2,1-2H3,(H,34,42)(H,35,41)/t24-/m0/s1. The monoisotopic (exact) mass is 644 g/mol. The minimum absolute atomic E-state index is 0.0637. The second kappa shape index (κ2) is 12.6. The number of thiophene rings is 1. The van der Waals surface area contributed by atoms with E-state index in [1.54, 1.807) is 31.4 Å². The number of halogens is 1. The summed E-state index contributed by atoms with van der Waals surface area (Å²) in [6.07, 6.45) is 0.468. The Morgan fingerprint density at radius 2 is 1.82 bits per heavy atom. The van der Waals surface area contributed by atoms with Gasteiger partial charge < -0.3 is 25.6 Å². The molecule has 4 N–H and O–H groups in total. The smallest absolute Gasteiger partial charge is 0.239 e. The number of aromatic hydroxyl groups is 2. The zero-order chi connectivity index (χ0) is 31.7. The van der Waals surface area contributed by atoms with Gasteiger partial charge in [0.2, 0.25) is 11.8 Å². The third-order valence-electron chi connectivity index (χ3n) is 7.47. The van der Waals surface area contributed by atoms with Crippen molar-refractivity contribution in [3.8, 4) is 22.9 Å². The minimum Gasteiger partial charge on any atom is -0.504 e. The SMILES string of the molecule is COc1ccc2c(c1)C(c1ccc(Cl)cc1)=N[C@@H](CC(=O)NCC(=O)NCCc1cc3c(O)c(O)ccc3s1)c1nnc(C)n1-2. The van der Waals surface area contributed by atoms with Gasteiger partial charge in [-0.05, 0) is 61.9 Å². The highest BCUT2D eigenvalue weighted by Gasteiger charge is 2.30. The van der Waals surface area contributed by atoms with Gasteiger partial charge in [0.15, 0.2) is 17.3 Å². The molecule has 0 saturated heterocycles. The van der Waals surface area contributed by atoms with Gasteiger partial charge in [0.25, 0.3) is 0 Å². The average Bonchev–Trinajstić information content (AvgIpc) is 3.60. The second-order valence-electron chi connectivity index (χ2n) is 10.5. The topological polar surface area (TPSA) is 151 Å². The Bertz CT molecular complexity index is 1950. The van der Waals surface area contributed by atoms with Crippen LogP contribution in [0.15, 0.2) is 65.7 Å². The largest absolute Gasteiger partial charge is 0.504 e. The number of phenols is 2. The van der Waals surface area contributed by atoms with Crippen molar-refractivity contribution in [2.45, 2.75) is 25.8 Å². The molecule has 1 atom stereocenters. The molecule has 1 aliphatic heterocycles. The molecular weight excluding hydrogens is 616 g/mol. The van der Waals surface area contributed by atoms with Crippen molar-refractivity contribution in [1.82, 2.24) is 25.4 Å². The highest BCUT2D eigenvalue weighted by molar-refractivity contribution is 7.19. The molecule has 0 aliphatic carbocycles. The first kappa shape index (κ1) is 30.1. The van der Waals surface area contributed by atoms with Crippen molar-refractivity contribution in [2.75, 3.05) is 20.2 Å². The molecule has 0 bridgehead atoms. The number of hydrogen-bond donors (Lipinski definition) is 4. The van der Waals surface area contributed by atoms with Crippen LogP contribution >= 0.6 is 22.9 Å². The number of ether oxygens (including phenoxy) is 1. The van der Waals surface area contributed by atoms with E-state index in [9.17, 15) is 19.8 Å². The van der Waals surface area contributed by atoms with Crippen molar-refractivity contribution < 1.29 is 24.5 Å². The number of amides is 2. The van der Waals surface area contributed by atoms with Crippen LogP contribution < -0.4 is 15.4 Å². The summed E-state index contributed by atoms with van der Waals surface area (Å²) in [5.41, 5.74) is 3.04. The fraction of sp³-hybridized carbons (Fsp3) is 0.219. The number of aromatic nitrogens is 3. The lowest BCUT2D eigenvalue weighted by atomic mass is 10.00. The van der Waals surface area contributed by atoms with Crippen LogP contribution in [-0.2, 0) is 16.0 Å². The summed E-state index contributed by atoms with van der Waals surface area (Å²) >= 11 is 7.64. The van der Waals surface area contributed by atoms with Crippen LogP contribution in [0.3, 0.4) is 0 Å². The molecule has 11 nitrogen and oxygen atoms in total. The third-order valence-corrected chi connectivity index (χ3v) is 8.88. The van der Waals surface area contributed by atoms with Gasteiger partial charge >= 0.3 is 0 Å². The maximum Gasteiger partial charge on any atom is 0.239 e. The molecule has 1 aliphatic rings. The first-order chi connectivity index (χ1) is 21.7.